The molecule has 0 spiro atoms. The molecule has 0 saturated heterocycles. The maximum atomic E-state index is 13.0. The fourth-order valence-electron chi connectivity index (χ4n) is 0.947. The summed E-state index contributed by atoms with van der Waals surface area (Å²) in [6.45, 7) is 1.12. The Morgan fingerprint density at radius 3 is 2.57 bits per heavy atom. The molecule has 6 heteroatoms. The Hall–Kier alpha value is -1.49. The highest BCUT2D eigenvalue weighted by atomic mass is 35.5. The number of halogens is 2. The Balaban J connectivity index is 3.42. The van der Waals surface area contributed by atoms with Crippen LogP contribution in [0, 0.1) is 15.9 Å². The molecular formula is C8H5ClFNO3. The molecule has 0 aliphatic carbocycles. The van der Waals surface area contributed by atoms with Gasteiger partial charge < -0.3 is 0 Å². The Kier molecular flexibility index (Phi) is 2.81. The van der Waals surface area contributed by atoms with E-state index in [9.17, 15) is 19.3 Å². The third-order valence-electron chi connectivity index (χ3n) is 1.61. The Morgan fingerprint density at radius 1 is 1.57 bits per heavy atom. The lowest BCUT2D eigenvalue weighted by Gasteiger charge is -2.00. The van der Waals surface area contributed by atoms with Gasteiger partial charge in [-0.05, 0) is 6.92 Å². The van der Waals surface area contributed by atoms with Crippen molar-refractivity contribution in [3.63, 3.8) is 0 Å². The molecule has 1 aromatic rings. The van der Waals surface area contributed by atoms with Gasteiger partial charge in [0, 0.05) is 12.1 Å². The molecule has 1 rings (SSSR count). The number of benzene rings is 1. The van der Waals surface area contributed by atoms with Crippen LogP contribution in [0.15, 0.2) is 12.1 Å². The molecule has 0 fully saturated rings. The van der Waals surface area contributed by atoms with Crippen molar-refractivity contribution in [2.45, 2.75) is 6.92 Å². The molecular weight excluding hydrogens is 213 g/mol. The van der Waals surface area contributed by atoms with Crippen LogP contribution in [0.2, 0.25) is 5.02 Å². The molecule has 0 aliphatic heterocycles. The summed E-state index contributed by atoms with van der Waals surface area (Å²) in [5.74, 6) is -1.43. The zero-order valence-corrected chi connectivity index (χ0v) is 7.84. The first-order chi connectivity index (χ1) is 6.43. The van der Waals surface area contributed by atoms with Crippen molar-refractivity contribution < 1.29 is 14.1 Å². The fraction of sp³-hybridized carbons (Fsp3) is 0.125. The average Bonchev–Trinajstić information content (AvgIpc) is 2.02. The molecule has 0 heterocycles. The molecule has 1 aromatic carbocycles. The van der Waals surface area contributed by atoms with E-state index >= 15 is 0 Å². The normalized spacial score (nSPS) is 9.93. The summed E-state index contributed by atoms with van der Waals surface area (Å²) in [5, 5.41) is 10.1. The topological polar surface area (TPSA) is 60.2 Å². The highest BCUT2D eigenvalue weighted by Crippen LogP contribution is 2.27. The lowest BCUT2D eigenvalue weighted by Crippen LogP contribution is -2.00. The van der Waals surface area contributed by atoms with E-state index in [0.717, 1.165) is 19.1 Å². The molecule has 14 heavy (non-hydrogen) atoms. The first-order valence-electron chi connectivity index (χ1n) is 3.58. The smallest absolute Gasteiger partial charge is 0.288 e. The fourth-order valence-corrected chi connectivity index (χ4v) is 1.17. The Bertz CT molecular complexity index is 384. The summed E-state index contributed by atoms with van der Waals surface area (Å²) >= 11 is 5.41. The number of rotatable bonds is 2. The Labute approximate surface area is 83.4 Å². The number of carbonyl (C=O) groups excluding carboxylic acids is 1. The Morgan fingerprint density at radius 2 is 2.14 bits per heavy atom. The predicted molar refractivity (Wildman–Crippen MR) is 48.1 cm³/mol. The highest BCUT2D eigenvalue weighted by molar-refractivity contribution is 6.32. The van der Waals surface area contributed by atoms with Crippen LogP contribution in [0.1, 0.15) is 17.3 Å². The molecule has 0 N–H and O–H groups in total. The minimum absolute atomic E-state index is 0.322. The summed E-state index contributed by atoms with van der Waals surface area (Å²) in [7, 11) is 0. The van der Waals surface area contributed by atoms with Crippen molar-refractivity contribution in [3.05, 3.63) is 38.7 Å². The second-order valence-corrected chi connectivity index (χ2v) is 3.00. The van der Waals surface area contributed by atoms with E-state index in [1.165, 1.54) is 0 Å². The largest absolute Gasteiger partial charge is 0.294 e. The molecule has 4 nitrogen and oxygen atoms in total. The van der Waals surface area contributed by atoms with Crippen molar-refractivity contribution in [1.29, 1.82) is 0 Å². The van der Waals surface area contributed by atoms with Crippen LogP contribution < -0.4 is 0 Å². The van der Waals surface area contributed by atoms with E-state index < -0.39 is 22.2 Å². The van der Waals surface area contributed by atoms with Gasteiger partial charge in [-0.3, -0.25) is 14.9 Å². The molecule has 0 atom stereocenters. The molecule has 0 radical (unpaired) electrons. The summed E-state index contributed by atoms with van der Waals surface area (Å²) in [5.41, 5.74) is -0.806. The van der Waals surface area contributed by atoms with Crippen molar-refractivity contribution in [2.75, 3.05) is 0 Å². The molecule has 0 aliphatic rings. The standard InChI is InChI=1S/C8H5ClFNO3/c1-4(12)5-2-8(11(13)14)6(9)3-7(5)10/h2-3H,1H3. The minimum atomic E-state index is -0.854. The SMILES string of the molecule is CC(=O)c1cc([N+](=O)[O-])c(Cl)cc1F. The zero-order valence-electron chi connectivity index (χ0n) is 7.08. The van der Waals surface area contributed by atoms with Crippen molar-refractivity contribution in [1.82, 2.24) is 0 Å². The molecule has 0 amide bonds. The van der Waals surface area contributed by atoms with Crippen molar-refractivity contribution in [3.8, 4) is 0 Å². The van der Waals surface area contributed by atoms with Gasteiger partial charge in [-0.15, -0.1) is 0 Å². The number of nitrogens with zero attached hydrogens (tertiary/aromatic N) is 1. The van der Waals surface area contributed by atoms with Gasteiger partial charge in [0.05, 0.1) is 10.5 Å². The van der Waals surface area contributed by atoms with Crippen molar-refractivity contribution >= 4 is 23.1 Å². The molecule has 0 unspecified atom stereocenters. The number of hydrogen-bond acceptors (Lipinski definition) is 3. The second kappa shape index (κ2) is 3.71. The van der Waals surface area contributed by atoms with Gasteiger partial charge in [0.1, 0.15) is 10.8 Å². The van der Waals surface area contributed by atoms with Crippen LogP contribution in [0.25, 0.3) is 0 Å². The number of nitro groups is 1. The first kappa shape index (κ1) is 10.6. The van der Waals surface area contributed by atoms with E-state index in [1.54, 1.807) is 0 Å². The van der Waals surface area contributed by atoms with E-state index in [4.69, 9.17) is 11.6 Å². The van der Waals surface area contributed by atoms with Gasteiger partial charge in [-0.1, -0.05) is 11.6 Å². The van der Waals surface area contributed by atoms with Gasteiger partial charge in [0.15, 0.2) is 5.78 Å². The second-order valence-electron chi connectivity index (χ2n) is 2.60. The van der Waals surface area contributed by atoms with Gasteiger partial charge in [-0.25, -0.2) is 4.39 Å². The highest BCUT2D eigenvalue weighted by Gasteiger charge is 2.18. The van der Waals surface area contributed by atoms with E-state index in [-0.39, 0.29) is 10.6 Å². The molecule has 0 saturated carbocycles. The van der Waals surface area contributed by atoms with Gasteiger partial charge >= 0.3 is 0 Å². The van der Waals surface area contributed by atoms with Gasteiger partial charge in [0.2, 0.25) is 0 Å². The maximum absolute atomic E-state index is 13.0. The minimum Gasteiger partial charge on any atom is -0.294 e. The number of Topliss-reactive ketones (excluding diaryl/α,β-unsaturated/α-hetero) is 1. The number of hydrogen-bond donors (Lipinski definition) is 0. The van der Waals surface area contributed by atoms with Gasteiger partial charge in [-0.2, -0.15) is 0 Å². The zero-order chi connectivity index (χ0) is 10.9. The van der Waals surface area contributed by atoms with Crippen LogP contribution >= 0.6 is 11.6 Å². The average molecular weight is 218 g/mol. The monoisotopic (exact) mass is 217 g/mol. The summed E-state index contributed by atoms with van der Waals surface area (Å²) in [6.07, 6.45) is 0. The van der Waals surface area contributed by atoms with Crippen LogP contribution in [0.4, 0.5) is 10.1 Å². The van der Waals surface area contributed by atoms with E-state index in [2.05, 4.69) is 0 Å². The summed E-state index contributed by atoms with van der Waals surface area (Å²) in [6, 6.07) is 1.59. The van der Waals surface area contributed by atoms with Crippen LogP contribution in [0.3, 0.4) is 0 Å². The molecule has 74 valence electrons. The van der Waals surface area contributed by atoms with E-state index in [0.29, 0.717) is 0 Å². The quantitative estimate of drug-likeness (QED) is 0.435. The summed E-state index contributed by atoms with van der Waals surface area (Å²) < 4.78 is 13.0. The lowest BCUT2D eigenvalue weighted by atomic mass is 10.1. The van der Waals surface area contributed by atoms with Crippen LogP contribution in [0.5, 0.6) is 0 Å². The summed E-state index contributed by atoms with van der Waals surface area (Å²) in [4.78, 5) is 20.5. The van der Waals surface area contributed by atoms with Crippen LogP contribution in [-0.4, -0.2) is 10.7 Å². The maximum Gasteiger partial charge on any atom is 0.288 e. The lowest BCUT2D eigenvalue weighted by molar-refractivity contribution is -0.384. The molecule has 0 aromatic heterocycles. The van der Waals surface area contributed by atoms with Crippen LogP contribution in [-0.2, 0) is 0 Å². The third kappa shape index (κ3) is 1.88. The number of carbonyl (C=O) groups is 1. The first-order valence-corrected chi connectivity index (χ1v) is 3.95. The van der Waals surface area contributed by atoms with Gasteiger partial charge in [0.25, 0.3) is 5.69 Å². The number of ketones is 1. The van der Waals surface area contributed by atoms with Crippen molar-refractivity contribution in [2.24, 2.45) is 0 Å². The van der Waals surface area contributed by atoms with E-state index in [1.807, 2.05) is 0 Å². The number of nitro benzene ring substituents is 1. The molecule has 0 bridgehead atoms. The predicted octanol–water partition coefficient (Wildman–Crippen LogP) is 2.59. The third-order valence-corrected chi connectivity index (χ3v) is 1.92.